The zero-order chi connectivity index (χ0) is 12.1. The van der Waals surface area contributed by atoms with Crippen LogP contribution in [0.5, 0.6) is 5.75 Å². The molecule has 0 aliphatic carbocycles. The summed E-state index contributed by atoms with van der Waals surface area (Å²) in [5.74, 6) is 0.274. The summed E-state index contributed by atoms with van der Waals surface area (Å²) in [6, 6.07) is 13.8. The summed E-state index contributed by atoms with van der Waals surface area (Å²) in [5, 5.41) is 0. The maximum Gasteiger partial charge on any atom is 0.126 e. The highest BCUT2D eigenvalue weighted by Gasteiger charge is 1.97. The highest BCUT2D eigenvalue weighted by Crippen LogP contribution is 2.13. The van der Waals surface area contributed by atoms with Crippen molar-refractivity contribution < 1.29 is 9.13 Å². The second-order valence-electron chi connectivity index (χ2n) is 3.80. The van der Waals surface area contributed by atoms with Gasteiger partial charge in [-0.15, -0.1) is 0 Å². The normalized spacial score (nSPS) is 10.2. The van der Waals surface area contributed by atoms with Gasteiger partial charge >= 0.3 is 0 Å². The van der Waals surface area contributed by atoms with Crippen LogP contribution in [0, 0.1) is 5.82 Å². The third kappa shape index (κ3) is 3.48. The Morgan fingerprint density at radius 2 is 1.82 bits per heavy atom. The summed E-state index contributed by atoms with van der Waals surface area (Å²) in [7, 11) is 0. The number of rotatable bonds is 4. The minimum Gasteiger partial charge on any atom is -0.493 e. The lowest BCUT2D eigenvalue weighted by Crippen LogP contribution is -2.01. The molecule has 3 heteroatoms. The Morgan fingerprint density at radius 3 is 2.53 bits per heavy atom. The number of benzene rings is 2. The van der Waals surface area contributed by atoms with Gasteiger partial charge in [-0.3, -0.25) is 0 Å². The number of halogens is 1. The van der Waals surface area contributed by atoms with Crippen molar-refractivity contribution in [3.8, 4) is 5.75 Å². The van der Waals surface area contributed by atoms with Crippen LogP contribution in [-0.4, -0.2) is 6.61 Å². The number of hydrogen-bond donors (Lipinski definition) is 1. The first kappa shape index (κ1) is 11.5. The second-order valence-corrected chi connectivity index (χ2v) is 3.80. The van der Waals surface area contributed by atoms with Gasteiger partial charge in [0.2, 0.25) is 0 Å². The predicted molar refractivity (Wildman–Crippen MR) is 66.5 cm³/mol. The first-order valence-electron chi connectivity index (χ1n) is 5.47. The first-order valence-corrected chi connectivity index (χ1v) is 5.47. The second kappa shape index (κ2) is 5.34. The van der Waals surface area contributed by atoms with Crippen LogP contribution in [0.4, 0.5) is 10.1 Å². The molecule has 0 unspecified atom stereocenters. The Balaban J connectivity index is 1.85. The average Bonchev–Trinajstić information content (AvgIpc) is 2.32. The Morgan fingerprint density at radius 1 is 1.06 bits per heavy atom. The Kier molecular flexibility index (Phi) is 3.60. The van der Waals surface area contributed by atoms with E-state index >= 15 is 0 Å². The molecular weight excluding hydrogens is 217 g/mol. The average molecular weight is 231 g/mol. The van der Waals surface area contributed by atoms with E-state index in [1.165, 1.54) is 12.1 Å². The highest BCUT2D eigenvalue weighted by atomic mass is 19.1. The lowest BCUT2D eigenvalue weighted by molar-refractivity contribution is 0.320. The van der Waals surface area contributed by atoms with E-state index in [2.05, 4.69) is 0 Å². The van der Waals surface area contributed by atoms with E-state index < -0.39 is 0 Å². The molecule has 0 saturated carbocycles. The van der Waals surface area contributed by atoms with Gasteiger partial charge in [-0.2, -0.15) is 0 Å². The van der Waals surface area contributed by atoms with Crippen molar-refractivity contribution in [3.63, 3.8) is 0 Å². The fourth-order valence-corrected chi connectivity index (χ4v) is 1.53. The minimum absolute atomic E-state index is 0.282. The van der Waals surface area contributed by atoms with Crippen LogP contribution in [0.15, 0.2) is 48.5 Å². The van der Waals surface area contributed by atoms with Gasteiger partial charge in [-0.05, 0) is 29.8 Å². The third-order valence-electron chi connectivity index (χ3n) is 2.44. The molecule has 0 heterocycles. The molecule has 2 rings (SSSR count). The van der Waals surface area contributed by atoms with Gasteiger partial charge in [0.05, 0.1) is 6.61 Å². The molecule has 0 bridgehead atoms. The van der Waals surface area contributed by atoms with Gasteiger partial charge in [-0.1, -0.05) is 18.2 Å². The molecule has 0 aromatic heterocycles. The predicted octanol–water partition coefficient (Wildman–Crippen LogP) is 3.03. The van der Waals surface area contributed by atoms with Crippen molar-refractivity contribution >= 4 is 5.69 Å². The standard InChI is InChI=1S/C14H14FNO/c15-12-2-1-3-14(10-12)17-9-8-11-4-6-13(16)7-5-11/h1-7,10H,8-9,16H2. The quantitative estimate of drug-likeness (QED) is 0.821. The minimum atomic E-state index is -0.282. The van der Waals surface area contributed by atoms with Crippen molar-refractivity contribution in [2.24, 2.45) is 0 Å². The van der Waals surface area contributed by atoms with Crippen molar-refractivity contribution in [1.82, 2.24) is 0 Å². The molecular formula is C14H14FNO. The molecule has 0 saturated heterocycles. The molecule has 2 nitrogen and oxygen atoms in total. The van der Waals surface area contributed by atoms with Gasteiger partial charge in [0.1, 0.15) is 11.6 Å². The molecule has 0 aliphatic rings. The third-order valence-corrected chi connectivity index (χ3v) is 2.44. The number of nitrogens with two attached hydrogens (primary N) is 1. The van der Waals surface area contributed by atoms with Gasteiger partial charge in [0.15, 0.2) is 0 Å². The van der Waals surface area contributed by atoms with Gasteiger partial charge in [0, 0.05) is 18.2 Å². The van der Waals surface area contributed by atoms with Crippen molar-refractivity contribution in [2.45, 2.75) is 6.42 Å². The highest BCUT2D eigenvalue weighted by molar-refractivity contribution is 5.39. The summed E-state index contributed by atoms with van der Waals surface area (Å²) < 4.78 is 18.3. The Hall–Kier alpha value is -2.03. The van der Waals surface area contributed by atoms with Crippen LogP contribution >= 0.6 is 0 Å². The summed E-state index contributed by atoms with van der Waals surface area (Å²) >= 11 is 0. The van der Waals surface area contributed by atoms with Crippen LogP contribution in [0.3, 0.4) is 0 Å². The lowest BCUT2D eigenvalue weighted by Gasteiger charge is -2.06. The van der Waals surface area contributed by atoms with Crippen molar-refractivity contribution in [2.75, 3.05) is 12.3 Å². The van der Waals surface area contributed by atoms with Crippen molar-refractivity contribution in [1.29, 1.82) is 0 Å². The summed E-state index contributed by atoms with van der Waals surface area (Å²) in [6.45, 7) is 0.521. The van der Waals surface area contributed by atoms with Crippen LogP contribution in [0.25, 0.3) is 0 Å². The fourth-order valence-electron chi connectivity index (χ4n) is 1.53. The van der Waals surface area contributed by atoms with Crippen LogP contribution in [-0.2, 0) is 6.42 Å². The molecule has 0 spiro atoms. The molecule has 0 atom stereocenters. The molecule has 0 amide bonds. The SMILES string of the molecule is Nc1ccc(CCOc2cccc(F)c2)cc1. The van der Waals surface area contributed by atoms with Gasteiger partial charge in [-0.25, -0.2) is 4.39 Å². The Bertz CT molecular complexity index is 482. The zero-order valence-electron chi connectivity index (χ0n) is 9.40. The lowest BCUT2D eigenvalue weighted by atomic mass is 10.1. The number of ether oxygens (including phenoxy) is 1. The smallest absolute Gasteiger partial charge is 0.126 e. The first-order chi connectivity index (χ1) is 8.24. The molecule has 88 valence electrons. The van der Waals surface area contributed by atoms with E-state index in [1.807, 2.05) is 24.3 Å². The van der Waals surface area contributed by atoms with E-state index in [4.69, 9.17) is 10.5 Å². The van der Waals surface area contributed by atoms with E-state index in [9.17, 15) is 4.39 Å². The van der Waals surface area contributed by atoms with Crippen LogP contribution in [0.1, 0.15) is 5.56 Å². The molecule has 0 fully saturated rings. The molecule has 17 heavy (non-hydrogen) atoms. The molecule has 0 aliphatic heterocycles. The molecule has 2 aromatic carbocycles. The Labute approximate surface area is 99.8 Å². The molecule has 2 N–H and O–H groups in total. The number of nitrogen functional groups attached to an aromatic ring is 1. The van der Waals surface area contributed by atoms with E-state index in [0.717, 1.165) is 17.7 Å². The maximum atomic E-state index is 12.9. The van der Waals surface area contributed by atoms with E-state index in [0.29, 0.717) is 12.4 Å². The fraction of sp³-hybridized carbons (Fsp3) is 0.143. The largest absolute Gasteiger partial charge is 0.493 e. The number of hydrogen-bond acceptors (Lipinski definition) is 2. The summed E-state index contributed by atoms with van der Waals surface area (Å²) in [6.07, 6.45) is 0.775. The van der Waals surface area contributed by atoms with Crippen LogP contribution < -0.4 is 10.5 Å². The van der Waals surface area contributed by atoms with Crippen molar-refractivity contribution in [3.05, 3.63) is 59.9 Å². The monoisotopic (exact) mass is 231 g/mol. The van der Waals surface area contributed by atoms with Gasteiger partial charge in [0.25, 0.3) is 0 Å². The summed E-state index contributed by atoms with van der Waals surface area (Å²) in [5.41, 5.74) is 7.49. The molecule has 0 radical (unpaired) electrons. The summed E-state index contributed by atoms with van der Waals surface area (Å²) in [4.78, 5) is 0. The topological polar surface area (TPSA) is 35.2 Å². The number of anilines is 1. The van der Waals surface area contributed by atoms with E-state index in [-0.39, 0.29) is 5.82 Å². The van der Waals surface area contributed by atoms with Crippen LogP contribution in [0.2, 0.25) is 0 Å². The van der Waals surface area contributed by atoms with E-state index in [1.54, 1.807) is 12.1 Å². The molecule has 2 aromatic rings. The maximum absolute atomic E-state index is 12.9. The van der Waals surface area contributed by atoms with Gasteiger partial charge < -0.3 is 10.5 Å². The zero-order valence-corrected chi connectivity index (χ0v) is 9.40.